The molecule has 0 aliphatic carbocycles. The lowest BCUT2D eigenvalue weighted by Crippen LogP contribution is -2.38. The molecule has 1 fully saturated rings. The lowest BCUT2D eigenvalue weighted by molar-refractivity contribution is -0.135. The number of carbonyl (C=O) groups excluding carboxylic acids is 2. The van der Waals surface area contributed by atoms with E-state index in [9.17, 15) is 9.59 Å². The molecular weight excluding hydrogens is 320 g/mol. The fraction of sp³-hybridized carbons (Fsp3) is 0.529. The number of primary amides is 1. The summed E-state index contributed by atoms with van der Waals surface area (Å²) in [7, 11) is 0. The van der Waals surface area contributed by atoms with E-state index in [1.807, 2.05) is 18.7 Å². The van der Waals surface area contributed by atoms with Crippen molar-refractivity contribution < 1.29 is 9.59 Å². The SMILES string of the molecule is Cc1n[nH]c(C)c1CCC(=O)N1CCCCC1c1cc(C(N)=O)n[nH]1. The average Bonchev–Trinajstić information content (AvgIpc) is 3.21. The molecule has 134 valence electrons. The summed E-state index contributed by atoms with van der Waals surface area (Å²) in [5, 5.41) is 14.0. The number of hydrogen-bond acceptors (Lipinski definition) is 4. The molecule has 1 aliphatic heterocycles. The summed E-state index contributed by atoms with van der Waals surface area (Å²) in [6.07, 6.45) is 4.00. The van der Waals surface area contributed by atoms with Crippen molar-refractivity contribution in [2.75, 3.05) is 6.54 Å². The summed E-state index contributed by atoms with van der Waals surface area (Å²) in [5.41, 5.74) is 9.32. The topological polar surface area (TPSA) is 121 Å². The molecule has 1 saturated heterocycles. The smallest absolute Gasteiger partial charge is 0.269 e. The van der Waals surface area contributed by atoms with E-state index in [2.05, 4.69) is 20.4 Å². The number of hydrogen-bond donors (Lipinski definition) is 3. The predicted molar refractivity (Wildman–Crippen MR) is 91.8 cm³/mol. The van der Waals surface area contributed by atoms with Crippen LogP contribution in [0.1, 0.15) is 64.9 Å². The number of aryl methyl sites for hydroxylation is 2. The van der Waals surface area contributed by atoms with Crippen LogP contribution < -0.4 is 5.73 Å². The highest BCUT2D eigenvalue weighted by Crippen LogP contribution is 2.31. The van der Waals surface area contributed by atoms with E-state index in [-0.39, 0.29) is 17.6 Å². The van der Waals surface area contributed by atoms with Gasteiger partial charge in [0.05, 0.1) is 17.4 Å². The van der Waals surface area contributed by atoms with Gasteiger partial charge in [0.15, 0.2) is 0 Å². The molecule has 25 heavy (non-hydrogen) atoms. The maximum absolute atomic E-state index is 12.8. The van der Waals surface area contributed by atoms with Crippen LogP contribution in [-0.2, 0) is 11.2 Å². The van der Waals surface area contributed by atoms with Crippen LogP contribution in [0.4, 0.5) is 0 Å². The Morgan fingerprint density at radius 2 is 2.08 bits per heavy atom. The first-order valence-electron chi connectivity index (χ1n) is 8.62. The molecule has 0 spiro atoms. The molecule has 8 nitrogen and oxygen atoms in total. The number of likely N-dealkylation sites (tertiary alicyclic amines) is 1. The third-order valence-electron chi connectivity index (χ3n) is 4.90. The van der Waals surface area contributed by atoms with Crippen molar-refractivity contribution in [1.29, 1.82) is 0 Å². The Kier molecular flexibility index (Phi) is 4.87. The van der Waals surface area contributed by atoms with Crippen molar-refractivity contribution in [2.24, 2.45) is 5.73 Å². The lowest BCUT2D eigenvalue weighted by atomic mass is 9.98. The van der Waals surface area contributed by atoms with Crippen molar-refractivity contribution in [3.63, 3.8) is 0 Å². The van der Waals surface area contributed by atoms with Gasteiger partial charge in [0.2, 0.25) is 5.91 Å². The van der Waals surface area contributed by atoms with Crippen LogP contribution in [0, 0.1) is 13.8 Å². The highest BCUT2D eigenvalue weighted by atomic mass is 16.2. The van der Waals surface area contributed by atoms with Crippen LogP contribution in [0.3, 0.4) is 0 Å². The Balaban J connectivity index is 1.71. The molecule has 4 N–H and O–H groups in total. The summed E-state index contributed by atoms with van der Waals surface area (Å²) in [5.74, 6) is -0.456. The largest absolute Gasteiger partial charge is 0.364 e. The van der Waals surface area contributed by atoms with Gasteiger partial charge < -0.3 is 10.6 Å². The van der Waals surface area contributed by atoms with E-state index in [1.165, 1.54) is 0 Å². The van der Waals surface area contributed by atoms with Gasteiger partial charge >= 0.3 is 0 Å². The van der Waals surface area contributed by atoms with E-state index in [0.717, 1.165) is 48.5 Å². The van der Waals surface area contributed by atoms with Crippen molar-refractivity contribution in [3.8, 4) is 0 Å². The van der Waals surface area contributed by atoms with E-state index in [4.69, 9.17) is 5.73 Å². The summed E-state index contributed by atoms with van der Waals surface area (Å²) in [6.45, 7) is 4.64. The van der Waals surface area contributed by atoms with Gasteiger partial charge in [-0.15, -0.1) is 0 Å². The molecule has 0 bridgehead atoms. The van der Waals surface area contributed by atoms with Gasteiger partial charge in [-0.1, -0.05) is 0 Å². The molecule has 0 radical (unpaired) electrons. The monoisotopic (exact) mass is 344 g/mol. The quantitative estimate of drug-likeness (QED) is 0.761. The summed E-state index contributed by atoms with van der Waals surface area (Å²) >= 11 is 0. The third kappa shape index (κ3) is 3.57. The molecule has 3 rings (SSSR count). The van der Waals surface area contributed by atoms with Gasteiger partial charge in [-0.25, -0.2) is 0 Å². The number of amides is 2. The Morgan fingerprint density at radius 1 is 1.28 bits per heavy atom. The zero-order valence-corrected chi connectivity index (χ0v) is 14.6. The Hall–Kier alpha value is -2.64. The number of nitrogens with one attached hydrogen (secondary N) is 2. The van der Waals surface area contributed by atoms with Crippen LogP contribution in [0.2, 0.25) is 0 Å². The molecule has 1 atom stereocenters. The normalized spacial score (nSPS) is 17.7. The van der Waals surface area contributed by atoms with Crippen LogP contribution in [0.25, 0.3) is 0 Å². The molecule has 0 aromatic carbocycles. The number of aromatic amines is 2. The van der Waals surface area contributed by atoms with Gasteiger partial charge in [0, 0.05) is 18.7 Å². The minimum absolute atomic E-state index is 0.0756. The number of rotatable bonds is 5. The molecular formula is C17H24N6O2. The fourth-order valence-electron chi connectivity index (χ4n) is 3.50. The molecule has 1 aliphatic rings. The second kappa shape index (κ2) is 7.08. The van der Waals surface area contributed by atoms with Crippen LogP contribution in [0.5, 0.6) is 0 Å². The zero-order chi connectivity index (χ0) is 18.0. The van der Waals surface area contributed by atoms with Crippen molar-refractivity contribution >= 4 is 11.8 Å². The predicted octanol–water partition coefficient (Wildman–Crippen LogP) is 1.53. The van der Waals surface area contributed by atoms with Crippen LogP contribution in [-0.4, -0.2) is 43.7 Å². The van der Waals surface area contributed by atoms with Crippen LogP contribution >= 0.6 is 0 Å². The number of nitrogens with zero attached hydrogens (tertiary/aromatic N) is 3. The first kappa shape index (κ1) is 17.2. The summed E-state index contributed by atoms with van der Waals surface area (Å²) in [4.78, 5) is 26.0. The van der Waals surface area contributed by atoms with Crippen molar-refractivity contribution in [2.45, 2.75) is 52.0 Å². The maximum Gasteiger partial charge on any atom is 0.269 e. The highest BCUT2D eigenvalue weighted by Gasteiger charge is 2.29. The molecule has 2 aromatic rings. The Bertz CT molecular complexity index is 758. The van der Waals surface area contributed by atoms with Gasteiger partial charge in [0.1, 0.15) is 5.69 Å². The second-order valence-electron chi connectivity index (χ2n) is 6.58. The number of piperidine rings is 1. The standard InChI is InChI=1S/C17H24N6O2/c1-10-12(11(2)20-19-10)6-7-16(24)23-8-4-3-5-15(23)13-9-14(17(18)25)22-21-13/h9,15H,3-8H2,1-2H3,(H2,18,25)(H,19,20)(H,21,22). The zero-order valence-electron chi connectivity index (χ0n) is 14.6. The van der Waals surface area contributed by atoms with Gasteiger partial charge in [-0.3, -0.25) is 19.8 Å². The number of H-pyrrole nitrogens is 2. The Labute approximate surface area is 146 Å². The van der Waals surface area contributed by atoms with E-state index in [1.54, 1.807) is 6.07 Å². The second-order valence-corrected chi connectivity index (χ2v) is 6.58. The molecule has 3 heterocycles. The van der Waals surface area contributed by atoms with E-state index >= 15 is 0 Å². The first-order valence-corrected chi connectivity index (χ1v) is 8.62. The lowest BCUT2D eigenvalue weighted by Gasteiger charge is -2.35. The number of carbonyl (C=O) groups is 2. The number of aromatic nitrogens is 4. The van der Waals surface area contributed by atoms with Gasteiger partial charge in [-0.05, 0) is 51.2 Å². The minimum Gasteiger partial charge on any atom is -0.364 e. The molecule has 1 unspecified atom stereocenters. The average molecular weight is 344 g/mol. The van der Waals surface area contributed by atoms with Gasteiger partial charge in [-0.2, -0.15) is 10.2 Å². The maximum atomic E-state index is 12.8. The summed E-state index contributed by atoms with van der Waals surface area (Å²) < 4.78 is 0. The Morgan fingerprint density at radius 3 is 2.72 bits per heavy atom. The fourth-order valence-corrected chi connectivity index (χ4v) is 3.50. The van der Waals surface area contributed by atoms with E-state index in [0.29, 0.717) is 12.8 Å². The van der Waals surface area contributed by atoms with Gasteiger partial charge in [0.25, 0.3) is 5.91 Å². The molecule has 2 amide bonds. The van der Waals surface area contributed by atoms with E-state index < -0.39 is 5.91 Å². The van der Waals surface area contributed by atoms with Crippen LogP contribution in [0.15, 0.2) is 6.07 Å². The molecule has 2 aromatic heterocycles. The van der Waals surface area contributed by atoms with Crippen molar-refractivity contribution in [3.05, 3.63) is 34.4 Å². The minimum atomic E-state index is -0.568. The summed E-state index contributed by atoms with van der Waals surface area (Å²) in [6, 6.07) is 1.58. The van der Waals surface area contributed by atoms with Crippen molar-refractivity contribution in [1.82, 2.24) is 25.3 Å². The molecule has 0 saturated carbocycles. The highest BCUT2D eigenvalue weighted by molar-refractivity contribution is 5.90. The third-order valence-corrected chi connectivity index (χ3v) is 4.90. The first-order chi connectivity index (χ1) is 12.0. The molecule has 8 heteroatoms. The number of nitrogens with two attached hydrogens (primary N) is 1.